The Morgan fingerprint density at radius 3 is 2.65 bits per heavy atom. The number of carboxylic acid groups (broad SMARTS) is 1. The van der Waals surface area contributed by atoms with Gasteiger partial charge in [-0.2, -0.15) is 0 Å². The van der Waals surface area contributed by atoms with Crippen molar-refractivity contribution < 1.29 is 19.5 Å². The highest BCUT2D eigenvalue weighted by molar-refractivity contribution is 5.89. The van der Waals surface area contributed by atoms with Crippen LogP contribution in [-0.4, -0.2) is 51.8 Å². The number of benzene rings is 1. The molecule has 1 N–H and O–H groups in total. The van der Waals surface area contributed by atoms with Crippen LogP contribution >= 0.6 is 0 Å². The Morgan fingerprint density at radius 2 is 1.92 bits per heavy atom. The molecule has 2 fully saturated rings. The van der Waals surface area contributed by atoms with Crippen molar-refractivity contribution in [3.05, 3.63) is 35.9 Å². The standard InChI is InChI=1S/C20H26N2O4/c23-18-12-16(14-21(18)13-15-6-2-1-3-7-15)20(26)22-11-5-4-8-17(22)9-10-19(24)25/h1-3,6-7,16-17H,4-5,8-14H2,(H,24,25). The van der Waals surface area contributed by atoms with Crippen LogP contribution < -0.4 is 0 Å². The third kappa shape index (κ3) is 4.42. The SMILES string of the molecule is O=C(O)CCC1CCCCN1C(=O)C1CC(=O)N(Cc2ccccc2)C1. The van der Waals surface area contributed by atoms with Crippen LogP contribution in [0.15, 0.2) is 30.3 Å². The topological polar surface area (TPSA) is 77.9 Å². The highest BCUT2D eigenvalue weighted by Crippen LogP contribution is 2.27. The maximum atomic E-state index is 13.0. The highest BCUT2D eigenvalue weighted by atomic mass is 16.4. The Bertz CT molecular complexity index is 661. The van der Waals surface area contributed by atoms with E-state index in [9.17, 15) is 14.4 Å². The van der Waals surface area contributed by atoms with Gasteiger partial charge >= 0.3 is 5.97 Å². The maximum absolute atomic E-state index is 13.0. The number of nitrogens with zero attached hydrogens (tertiary/aromatic N) is 2. The molecule has 2 atom stereocenters. The van der Waals surface area contributed by atoms with Crippen LogP contribution in [0.2, 0.25) is 0 Å². The zero-order chi connectivity index (χ0) is 18.5. The fourth-order valence-electron chi connectivity index (χ4n) is 4.01. The predicted molar refractivity (Wildman–Crippen MR) is 96.2 cm³/mol. The second-order valence-corrected chi connectivity index (χ2v) is 7.27. The summed E-state index contributed by atoms with van der Waals surface area (Å²) in [6.45, 7) is 1.66. The predicted octanol–water partition coefficient (Wildman–Crippen LogP) is 2.28. The summed E-state index contributed by atoms with van der Waals surface area (Å²) in [5.74, 6) is -1.10. The quantitative estimate of drug-likeness (QED) is 0.846. The van der Waals surface area contributed by atoms with Crippen LogP contribution in [0.5, 0.6) is 0 Å². The van der Waals surface area contributed by atoms with Crippen LogP contribution in [0.25, 0.3) is 0 Å². The van der Waals surface area contributed by atoms with Gasteiger partial charge < -0.3 is 14.9 Å². The average molecular weight is 358 g/mol. The molecule has 2 aliphatic rings. The Kier molecular flexibility index (Phi) is 5.91. The van der Waals surface area contributed by atoms with Gasteiger partial charge in [-0.1, -0.05) is 30.3 Å². The summed E-state index contributed by atoms with van der Waals surface area (Å²) in [5.41, 5.74) is 1.06. The first-order chi connectivity index (χ1) is 12.5. The molecule has 6 nitrogen and oxygen atoms in total. The smallest absolute Gasteiger partial charge is 0.303 e. The summed E-state index contributed by atoms with van der Waals surface area (Å²) in [4.78, 5) is 39.8. The summed E-state index contributed by atoms with van der Waals surface area (Å²) < 4.78 is 0. The Balaban J connectivity index is 1.61. The number of carbonyl (C=O) groups excluding carboxylic acids is 2. The number of hydrogen-bond donors (Lipinski definition) is 1. The number of likely N-dealkylation sites (tertiary alicyclic amines) is 2. The number of amides is 2. The van der Waals surface area contributed by atoms with Gasteiger partial charge in [-0.15, -0.1) is 0 Å². The Labute approximate surface area is 153 Å². The van der Waals surface area contributed by atoms with Crippen molar-refractivity contribution in [1.82, 2.24) is 9.80 Å². The van der Waals surface area contributed by atoms with Crippen molar-refractivity contribution in [1.29, 1.82) is 0 Å². The number of carboxylic acids is 1. The van der Waals surface area contributed by atoms with E-state index in [0.717, 1.165) is 24.8 Å². The average Bonchev–Trinajstić information content (AvgIpc) is 3.01. The lowest BCUT2D eigenvalue weighted by Gasteiger charge is -2.37. The first kappa shape index (κ1) is 18.4. The zero-order valence-corrected chi connectivity index (χ0v) is 15.0. The van der Waals surface area contributed by atoms with Crippen molar-refractivity contribution in [2.24, 2.45) is 5.92 Å². The summed E-state index contributed by atoms with van der Waals surface area (Å²) in [5, 5.41) is 8.94. The molecule has 1 aromatic rings. The molecule has 2 heterocycles. The Morgan fingerprint density at radius 1 is 1.15 bits per heavy atom. The second kappa shape index (κ2) is 8.34. The van der Waals surface area contributed by atoms with Gasteiger partial charge in [0.2, 0.25) is 11.8 Å². The number of hydrogen-bond acceptors (Lipinski definition) is 3. The molecule has 2 aliphatic heterocycles. The number of rotatable bonds is 6. The highest BCUT2D eigenvalue weighted by Gasteiger charge is 2.38. The molecule has 0 aromatic heterocycles. The number of piperidine rings is 1. The van der Waals surface area contributed by atoms with Crippen molar-refractivity contribution in [3.8, 4) is 0 Å². The first-order valence-corrected chi connectivity index (χ1v) is 9.38. The molecule has 2 amide bonds. The van der Waals surface area contributed by atoms with E-state index in [1.807, 2.05) is 35.2 Å². The van der Waals surface area contributed by atoms with Crippen LogP contribution in [-0.2, 0) is 20.9 Å². The molecule has 6 heteroatoms. The molecule has 0 aliphatic carbocycles. The van der Waals surface area contributed by atoms with Crippen molar-refractivity contribution in [2.75, 3.05) is 13.1 Å². The summed E-state index contributed by atoms with van der Waals surface area (Å²) in [6, 6.07) is 9.78. The molecule has 26 heavy (non-hydrogen) atoms. The molecule has 0 spiro atoms. The fraction of sp³-hybridized carbons (Fsp3) is 0.550. The summed E-state index contributed by atoms with van der Waals surface area (Å²) >= 11 is 0. The van der Waals surface area contributed by atoms with Crippen LogP contribution in [0.1, 0.15) is 44.1 Å². The van der Waals surface area contributed by atoms with Gasteiger partial charge in [0, 0.05) is 38.5 Å². The maximum Gasteiger partial charge on any atom is 0.303 e. The fourth-order valence-corrected chi connectivity index (χ4v) is 4.01. The van der Waals surface area contributed by atoms with Crippen LogP contribution in [0.4, 0.5) is 0 Å². The summed E-state index contributed by atoms with van der Waals surface area (Å²) in [7, 11) is 0. The van der Waals surface area contributed by atoms with Gasteiger partial charge in [0.05, 0.1) is 5.92 Å². The van der Waals surface area contributed by atoms with E-state index in [1.165, 1.54) is 0 Å². The third-order valence-electron chi connectivity index (χ3n) is 5.38. The zero-order valence-electron chi connectivity index (χ0n) is 15.0. The monoisotopic (exact) mass is 358 g/mol. The normalized spacial score (nSPS) is 23.3. The minimum Gasteiger partial charge on any atom is -0.481 e. The largest absolute Gasteiger partial charge is 0.481 e. The minimum atomic E-state index is -0.826. The summed E-state index contributed by atoms with van der Waals surface area (Å²) in [6.07, 6.45) is 3.66. The molecule has 2 saturated heterocycles. The van der Waals surface area contributed by atoms with E-state index in [2.05, 4.69) is 0 Å². The lowest BCUT2D eigenvalue weighted by atomic mass is 9.95. The second-order valence-electron chi connectivity index (χ2n) is 7.27. The van der Waals surface area contributed by atoms with Gasteiger partial charge in [0.1, 0.15) is 0 Å². The first-order valence-electron chi connectivity index (χ1n) is 9.38. The van der Waals surface area contributed by atoms with E-state index >= 15 is 0 Å². The molecule has 0 bridgehead atoms. The van der Waals surface area contributed by atoms with Gasteiger partial charge in [-0.05, 0) is 31.2 Å². The van der Waals surface area contributed by atoms with Crippen molar-refractivity contribution in [3.63, 3.8) is 0 Å². The molecule has 0 saturated carbocycles. The van der Waals surface area contributed by atoms with Crippen LogP contribution in [0, 0.1) is 5.92 Å². The molecule has 140 valence electrons. The van der Waals surface area contributed by atoms with E-state index in [4.69, 9.17) is 5.11 Å². The molecule has 2 unspecified atom stereocenters. The van der Waals surface area contributed by atoms with E-state index in [0.29, 0.717) is 26.1 Å². The molecular weight excluding hydrogens is 332 g/mol. The Hall–Kier alpha value is -2.37. The van der Waals surface area contributed by atoms with Crippen molar-refractivity contribution >= 4 is 17.8 Å². The minimum absolute atomic E-state index is 0.00868. The van der Waals surface area contributed by atoms with Crippen molar-refractivity contribution in [2.45, 2.75) is 51.1 Å². The van der Waals surface area contributed by atoms with E-state index in [-0.39, 0.29) is 36.6 Å². The lowest BCUT2D eigenvalue weighted by molar-refractivity contribution is -0.142. The number of aliphatic carboxylic acids is 1. The molecular formula is C20H26N2O4. The third-order valence-corrected chi connectivity index (χ3v) is 5.38. The lowest BCUT2D eigenvalue weighted by Crippen LogP contribution is -2.47. The van der Waals surface area contributed by atoms with Gasteiger partial charge in [-0.25, -0.2) is 0 Å². The van der Waals surface area contributed by atoms with E-state index < -0.39 is 5.97 Å². The number of carbonyl (C=O) groups is 3. The van der Waals surface area contributed by atoms with Gasteiger partial charge in [-0.3, -0.25) is 14.4 Å². The van der Waals surface area contributed by atoms with E-state index in [1.54, 1.807) is 4.90 Å². The molecule has 0 radical (unpaired) electrons. The molecule has 1 aromatic carbocycles. The molecule has 3 rings (SSSR count). The van der Waals surface area contributed by atoms with Gasteiger partial charge in [0.15, 0.2) is 0 Å². The van der Waals surface area contributed by atoms with Gasteiger partial charge in [0.25, 0.3) is 0 Å². The van der Waals surface area contributed by atoms with Crippen LogP contribution in [0.3, 0.4) is 0 Å².